The molecular weight excluding hydrogens is 318 g/mol. The van der Waals surface area contributed by atoms with Crippen LogP contribution in [-0.4, -0.2) is 53.8 Å². The number of hydrogen-bond donors (Lipinski definition) is 3. The van der Waals surface area contributed by atoms with Gasteiger partial charge in [-0.3, -0.25) is 14.5 Å². The molecule has 1 aromatic carbocycles. The number of carbonyl (C=O) groups excluding carboxylic acids is 3. The molecule has 1 aromatic rings. The minimum Gasteiger partial charge on any atom is -0.454 e. The first-order valence-corrected chi connectivity index (χ1v) is 7.46. The van der Waals surface area contributed by atoms with Gasteiger partial charge in [0.05, 0.1) is 19.6 Å². The highest BCUT2D eigenvalue weighted by Gasteiger charge is 2.39. The zero-order valence-electron chi connectivity index (χ0n) is 12.8. The van der Waals surface area contributed by atoms with E-state index < -0.39 is 23.9 Å². The molecule has 9 nitrogen and oxygen atoms in total. The van der Waals surface area contributed by atoms with Gasteiger partial charge in [-0.05, 0) is 17.7 Å². The highest BCUT2D eigenvalue weighted by molar-refractivity contribution is 6.05. The highest BCUT2D eigenvalue weighted by Crippen LogP contribution is 2.33. The summed E-state index contributed by atoms with van der Waals surface area (Å²) in [5.41, 5.74) is 0.716. The van der Waals surface area contributed by atoms with Crippen LogP contribution in [0.1, 0.15) is 12.0 Å². The van der Waals surface area contributed by atoms with Crippen molar-refractivity contribution in [3.63, 3.8) is 0 Å². The third kappa shape index (κ3) is 3.25. The molecule has 1 fully saturated rings. The Morgan fingerprint density at radius 2 is 2.12 bits per heavy atom. The van der Waals surface area contributed by atoms with Crippen molar-refractivity contribution < 1.29 is 29.0 Å². The number of aliphatic hydroxyl groups is 1. The van der Waals surface area contributed by atoms with Gasteiger partial charge in [0, 0.05) is 6.54 Å². The van der Waals surface area contributed by atoms with Crippen molar-refractivity contribution >= 4 is 17.8 Å². The minimum absolute atomic E-state index is 0.0794. The number of aliphatic hydroxyl groups excluding tert-OH is 1. The number of urea groups is 1. The number of ether oxygens (including phenoxy) is 2. The van der Waals surface area contributed by atoms with E-state index in [4.69, 9.17) is 14.6 Å². The van der Waals surface area contributed by atoms with E-state index in [9.17, 15) is 14.4 Å². The number of carbonyl (C=O) groups is 3. The van der Waals surface area contributed by atoms with E-state index in [-0.39, 0.29) is 32.9 Å². The van der Waals surface area contributed by atoms with Crippen molar-refractivity contribution in [3.05, 3.63) is 23.8 Å². The summed E-state index contributed by atoms with van der Waals surface area (Å²) in [6.45, 7) is 0.143. The molecule has 0 unspecified atom stereocenters. The lowest BCUT2D eigenvalue weighted by Crippen LogP contribution is -2.37. The Balaban J connectivity index is 1.63. The number of rotatable bonds is 6. The SMILES string of the molecule is O=C(C[C@@H]1NC(=O)N(Cc2ccc3c(c2)OCO3)C1=O)NCCO. The van der Waals surface area contributed by atoms with E-state index >= 15 is 0 Å². The van der Waals surface area contributed by atoms with Gasteiger partial charge in [0.25, 0.3) is 5.91 Å². The Bertz CT molecular complexity index is 677. The molecule has 3 rings (SSSR count). The average molecular weight is 335 g/mol. The van der Waals surface area contributed by atoms with Gasteiger partial charge in [-0.25, -0.2) is 4.79 Å². The van der Waals surface area contributed by atoms with Crippen molar-refractivity contribution in [2.75, 3.05) is 19.9 Å². The normalized spacial score (nSPS) is 18.7. The van der Waals surface area contributed by atoms with Gasteiger partial charge in [0.1, 0.15) is 6.04 Å². The van der Waals surface area contributed by atoms with Crippen molar-refractivity contribution in [1.29, 1.82) is 0 Å². The number of nitrogens with zero attached hydrogens (tertiary/aromatic N) is 1. The molecule has 2 aliphatic heterocycles. The Kier molecular flexibility index (Phi) is 4.52. The van der Waals surface area contributed by atoms with Gasteiger partial charge in [-0.1, -0.05) is 6.07 Å². The Morgan fingerprint density at radius 1 is 1.33 bits per heavy atom. The van der Waals surface area contributed by atoms with Crippen molar-refractivity contribution in [2.45, 2.75) is 19.0 Å². The molecule has 0 bridgehead atoms. The number of fused-ring (bicyclic) bond motifs is 1. The number of amides is 4. The van der Waals surface area contributed by atoms with Gasteiger partial charge in [-0.15, -0.1) is 0 Å². The maximum Gasteiger partial charge on any atom is 0.325 e. The van der Waals surface area contributed by atoms with E-state index in [0.717, 1.165) is 4.90 Å². The molecule has 1 saturated heterocycles. The number of imide groups is 1. The second kappa shape index (κ2) is 6.75. The van der Waals surface area contributed by atoms with Crippen molar-refractivity contribution in [3.8, 4) is 11.5 Å². The molecule has 128 valence electrons. The minimum atomic E-state index is -0.898. The molecule has 2 heterocycles. The number of hydrogen-bond acceptors (Lipinski definition) is 6. The fourth-order valence-corrected chi connectivity index (χ4v) is 2.54. The van der Waals surface area contributed by atoms with E-state index in [1.807, 2.05) is 0 Å². The molecule has 3 N–H and O–H groups in total. The molecule has 0 aromatic heterocycles. The highest BCUT2D eigenvalue weighted by atomic mass is 16.7. The van der Waals surface area contributed by atoms with E-state index in [0.29, 0.717) is 17.1 Å². The van der Waals surface area contributed by atoms with E-state index in [1.165, 1.54) is 0 Å². The number of nitrogens with one attached hydrogen (secondary N) is 2. The van der Waals surface area contributed by atoms with Crippen LogP contribution in [0.2, 0.25) is 0 Å². The Morgan fingerprint density at radius 3 is 2.92 bits per heavy atom. The first-order chi connectivity index (χ1) is 11.6. The van der Waals surface area contributed by atoms with Crippen LogP contribution in [0.3, 0.4) is 0 Å². The van der Waals surface area contributed by atoms with Crippen LogP contribution in [0.5, 0.6) is 11.5 Å². The Labute approximate surface area is 137 Å². The van der Waals surface area contributed by atoms with Crippen molar-refractivity contribution in [2.24, 2.45) is 0 Å². The molecule has 4 amide bonds. The zero-order valence-corrected chi connectivity index (χ0v) is 12.8. The molecule has 9 heteroatoms. The van der Waals surface area contributed by atoms with Gasteiger partial charge in [0.2, 0.25) is 12.7 Å². The fourth-order valence-electron chi connectivity index (χ4n) is 2.54. The van der Waals surface area contributed by atoms with Crippen molar-refractivity contribution in [1.82, 2.24) is 15.5 Å². The maximum absolute atomic E-state index is 12.3. The topological polar surface area (TPSA) is 117 Å². The molecule has 0 spiro atoms. The molecule has 0 aliphatic carbocycles. The Hall–Kier alpha value is -2.81. The van der Waals surface area contributed by atoms with Gasteiger partial charge >= 0.3 is 6.03 Å². The number of benzene rings is 1. The predicted molar refractivity (Wildman–Crippen MR) is 80.1 cm³/mol. The van der Waals surface area contributed by atoms with E-state index in [1.54, 1.807) is 18.2 Å². The van der Waals surface area contributed by atoms with Crippen LogP contribution in [0, 0.1) is 0 Å². The summed E-state index contributed by atoms with van der Waals surface area (Å²) in [5, 5.41) is 13.6. The van der Waals surface area contributed by atoms with Crippen LogP contribution in [-0.2, 0) is 16.1 Å². The third-order valence-corrected chi connectivity index (χ3v) is 3.71. The lowest BCUT2D eigenvalue weighted by Gasteiger charge is -2.13. The molecular formula is C15H17N3O6. The lowest BCUT2D eigenvalue weighted by atomic mass is 10.1. The second-order valence-electron chi connectivity index (χ2n) is 5.39. The molecule has 0 saturated carbocycles. The predicted octanol–water partition coefficient (Wildman–Crippen LogP) is -0.666. The smallest absolute Gasteiger partial charge is 0.325 e. The first-order valence-electron chi connectivity index (χ1n) is 7.46. The third-order valence-electron chi connectivity index (χ3n) is 3.71. The quantitative estimate of drug-likeness (QED) is 0.594. The lowest BCUT2D eigenvalue weighted by molar-refractivity contribution is -0.131. The zero-order chi connectivity index (χ0) is 17.1. The standard InChI is InChI=1S/C15H17N3O6/c19-4-3-16-13(20)6-10-14(21)18(15(22)17-10)7-9-1-2-11-12(5-9)24-8-23-11/h1-2,5,10,19H,3-4,6-8H2,(H,16,20)(H,17,22)/t10-/m0/s1. The van der Waals surface area contributed by atoms with Crippen LogP contribution < -0.4 is 20.1 Å². The summed E-state index contributed by atoms with van der Waals surface area (Å²) in [6.07, 6.45) is -0.164. The van der Waals surface area contributed by atoms with Crippen LogP contribution in [0.25, 0.3) is 0 Å². The average Bonchev–Trinajstić information content (AvgIpc) is 3.13. The molecule has 0 radical (unpaired) electrons. The fraction of sp³-hybridized carbons (Fsp3) is 0.400. The monoisotopic (exact) mass is 335 g/mol. The summed E-state index contributed by atoms with van der Waals surface area (Å²) in [5.74, 6) is 0.318. The second-order valence-corrected chi connectivity index (χ2v) is 5.39. The maximum atomic E-state index is 12.3. The molecule has 1 atom stereocenters. The summed E-state index contributed by atoms with van der Waals surface area (Å²) in [4.78, 5) is 37.0. The van der Waals surface area contributed by atoms with Gasteiger partial charge in [0.15, 0.2) is 11.5 Å². The summed E-state index contributed by atoms with van der Waals surface area (Å²) in [6, 6.07) is 3.73. The van der Waals surface area contributed by atoms with Gasteiger partial charge in [-0.2, -0.15) is 0 Å². The summed E-state index contributed by atoms with van der Waals surface area (Å²) < 4.78 is 10.5. The largest absolute Gasteiger partial charge is 0.454 e. The molecule has 24 heavy (non-hydrogen) atoms. The van der Waals surface area contributed by atoms with Crippen LogP contribution in [0.15, 0.2) is 18.2 Å². The van der Waals surface area contributed by atoms with Gasteiger partial charge < -0.3 is 25.2 Å². The van der Waals surface area contributed by atoms with E-state index in [2.05, 4.69) is 10.6 Å². The van der Waals surface area contributed by atoms with Crippen LogP contribution >= 0.6 is 0 Å². The first kappa shape index (κ1) is 16.1. The summed E-state index contributed by atoms with van der Waals surface area (Å²) in [7, 11) is 0. The van der Waals surface area contributed by atoms with Crippen LogP contribution in [0.4, 0.5) is 4.79 Å². The molecule has 2 aliphatic rings. The summed E-state index contributed by atoms with van der Waals surface area (Å²) >= 11 is 0.